The fraction of sp³-hybridized carbons (Fsp3) is 0.300. The van der Waals surface area contributed by atoms with Gasteiger partial charge in [-0.05, 0) is 61.1 Å². The van der Waals surface area contributed by atoms with Crippen LogP contribution in [0.1, 0.15) is 28.2 Å². The van der Waals surface area contributed by atoms with E-state index in [4.69, 9.17) is 21.7 Å². The van der Waals surface area contributed by atoms with Crippen molar-refractivity contribution in [1.82, 2.24) is 4.90 Å². The van der Waals surface area contributed by atoms with E-state index in [1.807, 2.05) is 36.0 Å². The van der Waals surface area contributed by atoms with Gasteiger partial charge in [0.2, 0.25) is 0 Å². The number of anilines is 1. The number of thioether (sulfide) groups is 1. The van der Waals surface area contributed by atoms with E-state index in [2.05, 4.69) is 22.3 Å². The zero-order chi connectivity index (χ0) is 19.2. The van der Waals surface area contributed by atoms with Crippen LogP contribution in [0.15, 0.2) is 48.5 Å². The molecule has 5 nitrogen and oxygen atoms in total. The van der Waals surface area contributed by atoms with Gasteiger partial charge in [-0.15, -0.1) is 11.8 Å². The standard InChI is InChI=1S/C20H22N2O3S2/c1-3-25-19(23)15-4-8-16(9-5-15)21-20(26)22-12-13-27-18(22)14-6-10-17(24-2)11-7-14/h4-11,18H,3,12-13H2,1-2H3,(H,21,26)/t18-/m1/s1. The van der Waals surface area contributed by atoms with Gasteiger partial charge in [0.25, 0.3) is 0 Å². The molecule has 1 saturated heterocycles. The maximum Gasteiger partial charge on any atom is 0.338 e. The van der Waals surface area contributed by atoms with Gasteiger partial charge in [0.1, 0.15) is 11.1 Å². The first-order valence-corrected chi connectivity index (χ1v) is 10.2. The minimum atomic E-state index is -0.317. The molecule has 3 rings (SSSR count). The first kappa shape index (κ1) is 19.5. The second-order valence-corrected chi connectivity index (χ2v) is 7.49. The lowest BCUT2D eigenvalue weighted by Crippen LogP contribution is -2.34. The molecule has 142 valence electrons. The van der Waals surface area contributed by atoms with Gasteiger partial charge in [-0.25, -0.2) is 4.79 Å². The number of benzene rings is 2. The Labute approximate surface area is 169 Å². The lowest BCUT2D eigenvalue weighted by atomic mass is 10.2. The number of methoxy groups -OCH3 is 1. The van der Waals surface area contributed by atoms with E-state index in [-0.39, 0.29) is 11.3 Å². The van der Waals surface area contributed by atoms with Crippen molar-refractivity contribution in [1.29, 1.82) is 0 Å². The van der Waals surface area contributed by atoms with Crippen molar-refractivity contribution in [3.05, 3.63) is 59.7 Å². The highest BCUT2D eigenvalue weighted by molar-refractivity contribution is 7.99. The molecule has 0 aliphatic carbocycles. The average Bonchev–Trinajstić information content (AvgIpc) is 3.19. The maximum absolute atomic E-state index is 11.7. The summed E-state index contributed by atoms with van der Waals surface area (Å²) in [5.74, 6) is 1.54. The predicted octanol–water partition coefficient (Wildman–Crippen LogP) is 4.32. The molecule has 0 saturated carbocycles. The molecule has 0 amide bonds. The number of ether oxygens (including phenoxy) is 2. The van der Waals surface area contributed by atoms with Crippen LogP contribution in [-0.4, -0.2) is 42.0 Å². The molecule has 1 aliphatic rings. The van der Waals surface area contributed by atoms with Crippen molar-refractivity contribution in [2.24, 2.45) is 0 Å². The Hall–Kier alpha value is -2.25. The van der Waals surface area contributed by atoms with Crippen molar-refractivity contribution < 1.29 is 14.3 Å². The molecule has 0 spiro atoms. The van der Waals surface area contributed by atoms with E-state index in [9.17, 15) is 4.79 Å². The third kappa shape index (κ3) is 4.73. The van der Waals surface area contributed by atoms with Crippen molar-refractivity contribution in [2.45, 2.75) is 12.3 Å². The van der Waals surface area contributed by atoms with Crippen molar-refractivity contribution in [3.8, 4) is 5.75 Å². The summed E-state index contributed by atoms with van der Waals surface area (Å²) < 4.78 is 10.2. The molecular weight excluding hydrogens is 380 g/mol. The van der Waals surface area contributed by atoms with Crippen molar-refractivity contribution in [2.75, 3.05) is 31.3 Å². The summed E-state index contributed by atoms with van der Waals surface area (Å²) in [6.45, 7) is 3.04. The third-order valence-corrected chi connectivity index (χ3v) is 5.80. The average molecular weight is 403 g/mol. The number of carbonyl (C=O) groups is 1. The topological polar surface area (TPSA) is 50.8 Å². The highest BCUT2D eigenvalue weighted by Crippen LogP contribution is 2.38. The van der Waals surface area contributed by atoms with Crippen LogP contribution < -0.4 is 10.1 Å². The van der Waals surface area contributed by atoms with Gasteiger partial charge in [-0.3, -0.25) is 0 Å². The van der Waals surface area contributed by atoms with E-state index >= 15 is 0 Å². The summed E-state index contributed by atoms with van der Waals surface area (Å²) in [4.78, 5) is 13.9. The number of thiocarbonyl (C=S) groups is 1. The lowest BCUT2D eigenvalue weighted by Gasteiger charge is -2.27. The van der Waals surface area contributed by atoms with Gasteiger partial charge in [0, 0.05) is 18.0 Å². The fourth-order valence-corrected chi connectivity index (χ4v) is 4.47. The number of hydrogen-bond acceptors (Lipinski definition) is 5. The SMILES string of the molecule is CCOC(=O)c1ccc(NC(=S)N2CCS[C@@H]2c2ccc(OC)cc2)cc1. The third-order valence-electron chi connectivity index (χ3n) is 4.20. The summed E-state index contributed by atoms with van der Waals surface area (Å²) in [6.07, 6.45) is 0. The Morgan fingerprint density at radius 2 is 1.93 bits per heavy atom. The Bertz CT molecular complexity index is 794. The summed E-state index contributed by atoms with van der Waals surface area (Å²) in [5, 5.41) is 4.12. The molecule has 0 radical (unpaired) electrons. The van der Waals surface area contributed by atoms with Gasteiger partial charge in [0.05, 0.1) is 19.3 Å². The molecular formula is C20H22N2O3S2. The zero-order valence-electron chi connectivity index (χ0n) is 15.3. The minimum absolute atomic E-state index is 0.176. The summed E-state index contributed by atoms with van der Waals surface area (Å²) in [5.41, 5.74) is 2.57. The number of nitrogens with one attached hydrogen (secondary N) is 1. The lowest BCUT2D eigenvalue weighted by molar-refractivity contribution is 0.0526. The van der Waals surface area contributed by atoms with E-state index in [0.29, 0.717) is 17.3 Å². The van der Waals surface area contributed by atoms with Crippen LogP contribution in [0.4, 0.5) is 5.69 Å². The number of esters is 1. The van der Waals surface area contributed by atoms with Gasteiger partial charge in [-0.2, -0.15) is 0 Å². The zero-order valence-corrected chi connectivity index (χ0v) is 16.9. The normalized spacial score (nSPS) is 16.1. The Morgan fingerprint density at radius 3 is 2.56 bits per heavy atom. The predicted molar refractivity (Wildman–Crippen MR) is 114 cm³/mol. The quantitative estimate of drug-likeness (QED) is 0.590. The summed E-state index contributed by atoms with van der Waals surface area (Å²) in [7, 11) is 1.66. The van der Waals surface area contributed by atoms with Crippen LogP contribution in [0.2, 0.25) is 0 Å². The van der Waals surface area contributed by atoms with Crippen molar-refractivity contribution in [3.63, 3.8) is 0 Å². The molecule has 2 aromatic carbocycles. The smallest absolute Gasteiger partial charge is 0.338 e. The Balaban J connectivity index is 1.66. The summed E-state index contributed by atoms with van der Waals surface area (Å²) in [6, 6.07) is 15.2. The van der Waals surface area contributed by atoms with E-state index in [1.54, 1.807) is 26.2 Å². The van der Waals surface area contributed by atoms with E-state index in [1.165, 1.54) is 5.56 Å². The maximum atomic E-state index is 11.7. The number of nitrogens with zero attached hydrogens (tertiary/aromatic N) is 1. The molecule has 27 heavy (non-hydrogen) atoms. The van der Waals surface area contributed by atoms with Gasteiger partial charge < -0.3 is 19.7 Å². The second kappa shape index (κ2) is 9.10. The molecule has 0 aromatic heterocycles. The summed E-state index contributed by atoms with van der Waals surface area (Å²) >= 11 is 7.50. The number of rotatable bonds is 5. The molecule has 1 N–H and O–H groups in total. The molecule has 7 heteroatoms. The Morgan fingerprint density at radius 1 is 1.22 bits per heavy atom. The van der Waals surface area contributed by atoms with Crippen molar-refractivity contribution >= 4 is 40.7 Å². The van der Waals surface area contributed by atoms with Crippen LogP contribution in [0, 0.1) is 0 Å². The second-order valence-electron chi connectivity index (χ2n) is 5.92. The van der Waals surface area contributed by atoms with Crippen LogP contribution in [-0.2, 0) is 4.74 Å². The fourth-order valence-electron chi connectivity index (χ4n) is 2.82. The first-order valence-electron chi connectivity index (χ1n) is 8.72. The largest absolute Gasteiger partial charge is 0.497 e. The highest BCUT2D eigenvalue weighted by atomic mass is 32.2. The molecule has 1 fully saturated rings. The van der Waals surface area contributed by atoms with Crippen LogP contribution in [0.5, 0.6) is 5.75 Å². The number of hydrogen-bond donors (Lipinski definition) is 1. The molecule has 1 aliphatic heterocycles. The molecule has 0 bridgehead atoms. The van der Waals surface area contributed by atoms with Gasteiger partial charge >= 0.3 is 5.97 Å². The molecule has 1 atom stereocenters. The van der Waals surface area contributed by atoms with E-state index in [0.717, 1.165) is 23.7 Å². The monoisotopic (exact) mass is 402 g/mol. The van der Waals surface area contributed by atoms with Crippen LogP contribution in [0.3, 0.4) is 0 Å². The Kier molecular flexibility index (Phi) is 6.58. The number of carbonyl (C=O) groups excluding carboxylic acids is 1. The van der Waals surface area contributed by atoms with Gasteiger partial charge in [0.15, 0.2) is 5.11 Å². The molecule has 0 unspecified atom stereocenters. The van der Waals surface area contributed by atoms with Crippen LogP contribution in [0.25, 0.3) is 0 Å². The molecule has 1 heterocycles. The molecule has 2 aromatic rings. The first-order chi connectivity index (χ1) is 13.1. The van der Waals surface area contributed by atoms with Gasteiger partial charge in [-0.1, -0.05) is 12.1 Å². The van der Waals surface area contributed by atoms with E-state index < -0.39 is 0 Å². The minimum Gasteiger partial charge on any atom is -0.497 e. The van der Waals surface area contributed by atoms with Crippen LogP contribution >= 0.6 is 24.0 Å². The highest BCUT2D eigenvalue weighted by Gasteiger charge is 2.28.